The Labute approximate surface area is 124 Å². The van der Waals surface area contributed by atoms with E-state index in [1.165, 1.54) is 0 Å². The molecule has 0 bridgehead atoms. The number of fused-ring (bicyclic) bond motifs is 1. The number of nitrogens with two attached hydrogens (primary N) is 1. The SMILES string of the molecule is COCC(N)c1ccc2c(c1)C(NC(=O)C1CC1)CCO2. The van der Waals surface area contributed by atoms with Gasteiger partial charge in [0.25, 0.3) is 0 Å². The van der Waals surface area contributed by atoms with Gasteiger partial charge in [0.15, 0.2) is 0 Å². The highest BCUT2D eigenvalue weighted by atomic mass is 16.5. The van der Waals surface area contributed by atoms with Crippen molar-refractivity contribution in [1.29, 1.82) is 0 Å². The first-order chi connectivity index (χ1) is 10.2. The summed E-state index contributed by atoms with van der Waals surface area (Å²) in [6.07, 6.45) is 2.83. The van der Waals surface area contributed by atoms with Gasteiger partial charge in [-0.15, -0.1) is 0 Å². The lowest BCUT2D eigenvalue weighted by Gasteiger charge is -2.28. The minimum absolute atomic E-state index is 0.0246. The minimum Gasteiger partial charge on any atom is -0.493 e. The Bertz CT molecular complexity index is 528. The average molecular weight is 290 g/mol. The van der Waals surface area contributed by atoms with Crippen LogP contribution >= 0.6 is 0 Å². The van der Waals surface area contributed by atoms with Gasteiger partial charge < -0.3 is 20.5 Å². The highest BCUT2D eigenvalue weighted by Crippen LogP contribution is 2.36. The first kappa shape index (κ1) is 14.4. The summed E-state index contributed by atoms with van der Waals surface area (Å²) in [4.78, 5) is 12.0. The summed E-state index contributed by atoms with van der Waals surface area (Å²) < 4.78 is 10.8. The molecule has 1 aromatic carbocycles. The van der Waals surface area contributed by atoms with E-state index in [1.807, 2.05) is 18.2 Å². The maximum Gasteiger partial charge on any atom is 0.223 e. The molecule has 1 amide bonds. The van der Waals surface area contributed by atoms with Gasteiger partial charge in [0.2, 0.25) is 5.91 Å². The lowest BCUT2D eigenvalue weighted by Crippen LogP contribution is -2.33. The average Bonchev–Trinajstić information content (AvgIpc) is 3.32. The summed E-state index contributed by atoms with van der Waals surface area (Å²) >= 11 is 0. The van der Waals surface area contributed by atoms with Gasteiger partial charge in [-0.05, 0) is 30.5 Å². The van der Waals surface area contributed by atoms with Crippen molar-refractivity contribution < 1.29 is 14.3 Å². The van der Waals surface area contributed by atoms with Gasteiger partial charge in [-0.2, -0.15) is 0 Å². The molecule has 0 saturated heterocycles. The normalized spacial score (nSPS) is 22.1. The van der Waals surface area contributed by atoms with E-state index in [9.17, 15) is 4.79 Å². The van der Waals surface area contributed by atoms with Gasteiger partial charge >= 0.3 is 0 Å². The molecule has 2 atom stereocenters. The van der Waals surface area contributed by atoms with E-state index in [2.05, 4.69) is 5.32 Å². The standard InChI is InChI=1S/C16H22N2O3/c1-20-9-13(17)11-4-5-15-12(8-11)14(6-7-21-15)18-16(19)10-2-3-10/h4-5,8,10,13-14H,2-3,6-7,9,17H2,1H3,(H,18,19). The second-order valence-electron chi connectivity index (χ2n) is 5.83. The molecule has 5 heteroatoms. The predicted octanol–water partition coefficient (Wildman–Crippen LogP) is 1.68. The highest BCUT2D eigenvalue weighted by molar-refractivity contribution is 5.81. The van der Waals surface area contributed by atoms with Crippen LogP contribution in [0.1, 0.15) is 42.5 Å². The van der Waals surface area contributed by atoms with E-state index in [0.29, 0.717) is 13.2 Å². The second kappa shape index (κ2) is 6.03. The lowest BCUT2D eigenvalue weighted by molar-refractivity contribution is -0.123. The number of carbonyl (C=O) groups is 1. The van der Waals surface area contributed by atoms with Crippen LogP contribution in [0.3, 0.4) is 0 Å². The molecule has 2 unspecified atom stereocenters. The molecule has 1 saturated carbocycles. The molecule has 1 aliphatic heterocycles. The van der Waals surface area contributed by atoms with Gasteiger partial charge in [-0.3, -0.25) is 4.79 Å². The van der Waals surface area contributed by atoms with Crippen LogP contribution in [0.25, 0.3) is 0 Å². The predicted molar refractivity (Wildman–Crippen MR) is 79.0 cm³/mol. The topological polar surface area (TPSA) is 73.6 Å². The quantitative estimate of drug-likeness (QED) is 0.865. The summed E-state index contributed by atoms with van der Waals surface area (Å²) in [5.41, 5.74) is 8.12. The van der Waals surface area contributed by atoms with Gasteiger partial charge in [0, 0.05) is 25.0 Å². The molecule has 0 spiro atoms. The van der Waals surface area contributed by atoms with E-state index < -0.39 is 0 Å². The number of methoxy groups -OCH3 is 1. The Balaban J connectivity index is 1.80. The van der Waals surface area contributed by atoms with E-state index in [1.54, 1.807) is 7.11 Å². The fourth-order valence-corrected chi connectivity index (χ4v) is 2.70. The van der Waals surface area contributed by atoms with Crippen LogP contribution in [-0.2, 0) is 9.53 Å². The first-order valence-corrected chi connectivity index (χ1v) is 7.50. The van der Waals surface area contributed by atoms with Crippen LogP contribution in [0, 0.1) is 5.92 Å². The molecule has 2 aliphatic rings. The Morgan fingerprint density at radius 3 is 3.00 bits per heavy atom. The Morgan fingerprint density at radius 2 is 2.29 bits per heavy atom. The molecule has 1 heterocycles. The molecular formula is C16H22N2O3. The highest BCUT2D eigenvalue weighted by Gasteiger charge is 2.32. The largest absolute Gasteiger partial charge is 0.493 e. The Morgan fingerprint density at radius 1 is 1.48 bits per heavy atom. The lowest BCUT2D eigenvalue weighted by atomic mass is 9.96. The van der Waals surface area contributed by atoms with Crippen molar-refractivity contribution in [3.63, 3.8) is 0 Å². The van der Waals surface area contributed by atoms with Crippen LogP contribution in [0.4, 0.5) is 0 Å². The van der Waals surface area contributed by atoms with Crippen LogP contribution in [0.2, 0.25) is 0 Å². The summed E-state index contributed by atoms with van der Waals surface area (Å²) in [7, 11) is 1.64. The number of hydrogen-bond donors (Lipinski definition) is 2. The monoisotopic (exact) mass is 290 g/mol. The van der Waals surface area contributed by atoms with Crippen LogP contribution in [-0.4, -0.2) is 26.2 Å². The van der Waals surface area contributed by atoms with Crippen molar-refractivity contribution in [2.45, 2.75) is 31.3 Å². The van der Waals surface area contributed by atoms with Gasteiger partial charge in [0.1, 0.15) is 5.75 Å². The zero-order valence-corrected chi connectivity index (χ0v) is 12.3. The van der Waals surface area contributed by atoms with Crippen LogP contribution in [0.15, 0.2) is 18.2 Å². The van der Waals surface area contributed by atoms with E-state index in [4.69, 9.17) is 15.2 Å². The molecule has 3 rings (SSSR count). The molecule has 3 N–H and O–H groups in total. The van der Waals surface area contributed by atoms with Crippen molar-refractivity contribution >= 4 is 5.91 Å². The smallest absolute Gasteiger partial charge is 0.223 e. The number of nitrogens with one attached hydrogen (secondary N) is 1. The van der Waals surface area contributed by atoms with Gasteiger partial charge in [0.05, 0.1) is 25.3 Å². The molecule has 1 fully saturated rings. The molecule has 1 aliphatic carbocycles. The minimum atomic E-state index is -0.165. The number of ether oxygens (including phenoxy) is 2. The number of rotatable bonds is 5. The summed E-state index contributed by atoms with van der Waals surface area (Å²) in [6.45, 7) is 1.10. The fraction of sp³-hybridized carbons (Fsp3) is 0.562. The third-order valence-corrected chi connectivity index (χ3v) is 4.11. The fourth-order valence-electron chi connectivity index (χ4n) is 2.70. The van der Waals surface area contributed by atoms with E-state index in [-0.39, 0.29) is 23.9 Å². The molecule has 0 aromatic heterocycles. The number of benzene rings is 1. The third kappa shape index (κ3) is 3.19. The molecule has 5 nitrogen and oxygen atoms in total. The zero-order valence-electron chi connectivity index (χ0n) is 12.3. The molecule has 1 aromatic rings. The second-order valence-corrected chi connectivity index (χ2v) is 5.83. The molecule has 0 radical (unpaired) electrons. The Kier molecular flexibility index (Phi) is 4.12. The van der Waals surface area contributed by atoms with Crippen molar-refractivity contribution in [2.24, 2.45) is 11.7 Å². The van der Waals surface area contributed by atoms with E-state index in [0.717, 1.165) is 36.1 Å². The van der Waals surface area contributed by atoms with Crippen molar-refractivity contribution in [2.75, 3.05) is 20.3 Å². The van der Waals surface area contributed by atoms with Crippen LogP contribution in [0.5, 0.6) is 5.75 Å². The molecule has 114 valence electrons. The van der Waals surface area contributed by atoms with Crippen molar-refractivity contribution in [3.8, 4) is 5.75 Å². The molecular weight excluding hydrogens is 268 g/mol. The van der Waals surface area contributed by atoms with Gasteiger partial charge in [-0.1, -0.05) is 6.07 Å². The van der Waals surface area contributed by atoms with Gasteiger partial charge in [-0.25, -0.2) is 0 Å². The Hall–Kier alpha value is -1.59. The maximum absolute atomic E-state index is 12.0. The third-order valence-electron chi connectivity index (χ3n) is 4.11. The number of amides is 1. The number of carbonyl (C=O) groups excluding carboxylic acids is 1. The van der Waals surface area contributed by atoms with Crippen LogP contribution < -0.4 is 15.8 Å². The van der Waals surface area contributed by atoms with Crippen molar-refractivity contribution in [1.82, 2.24) is 5.32 Å². The number of hydrogen-bond acceptors (Lipinski definition) is 4. The van der Waals surface area contributed by atoms with E-state index >= 15 is 0 Å². The summed E-state index contributed by atoms with van der Waals surface area (Å²) in [6, 6.07) is 5.80. The summed E-state index contributed by atoms with van der Waals surface area (Å²) in [5.74, 6) is 1.23. The molecule has 21 heavy (non-hydrogen) atoms. The summed E-state index contributed by atoms with van der Waals surface area (Å²) in [5, 5.41) is 3.14. The maximum atomic E-state index is 12.0. The zero-order chi connectivity index (χ0) is 14.8. The van der Waals surface area contributed by atoms with Crippen molar-refractivity contribution in [3.05, 3.63) is 29.3 Å². The first-order valence-electron chi connectivity index (χ1n) is 7.50.